The normalized spacial score (nSPS) is 31.0. The quantitative estimate of drug-likeness (QED) is 0.593. The Bertz CT molecular complexity index is 556. The molecule has 0 spiro atoms. The first kappa shape index (κ1) is 17.8. The molecule has 0 aromatic rings. The largest absolute Gasteiger partial charge is 0.356 e. The van der Waals surface area contributed by atoms with Crippen molar-refractivity contribution >= 4 is 5.91 Å². The molecule has 3 atom stereocenters. The molecule has 1 N–H and O–H groups in total. The summed E-state index contributed by atoms with van der Waals surface area (Å²) in [5.74, 6) is 2.18. The maximum Gasteiger partial charge on any atom is 0.226 e. The molecule has 0 aromatic carbocycles. The first-order valence-electron chi connectivity index (χ1n) is 10.2. The highest BCUT2D eigenvalue weighted by Gasteiger charge is 2.58. The van der Waals surface area contributed by atoms with Crippen molar-refractivity contribution in [1.29, 1.82) is 0 Å². The van der Waals surface area contributed by atoms with E-state index in [9.17, 15) is 4.79 Å². The topological polar surface area (TPSA) is 29.1 Å². The van der Waals surface area contributed by atoms with Crippen molar-refractivity contribution in [2.45, 2.75) is 79.1 Å². The molecule has 134 valence electrons. The van der Waals surface area contributed by atoms with E-state index in [1.165, 1.54) is 38.5 Å². The van der Waals surface area contributed by atoms with Gasteiger partial charge < -0.3 is 5.32 Å². The molecule has 3 aliphatic rings. The van der Waals surface area contributed by atoms with E-state index in [4.69, 9.17) is 0 Å². The minimum absolute atomic E-state index is 0.121. The van der Waals surface area contributed by atoms with Gasteiger partial charge >= 0.3 is 0 Å². The molecule has 1 fully saturated rings. The van der Waals surface area contributed by atoms with Crippen molar-refractivity contribution in [1.82, 2.24) is 5.32 Å². The molecule has 2 heteroatoms. The third-order valence-corrected chi connectivity index (χ3v) is 6.74. The van der Waals surface area contributed by atoms with Crippen LogP contribution in [0.5, 0.6) is 0 Å². The fourth-order valence-electron chi connectivity index (χ4n) is 5.15. The molecule has 0 saturated heterocycles. The van der Waals surface area contributed by atoms with E-state index in [1.54, 1.807) is 16.7 Å². The van der Waals surface area contributed by atoms with E-state index in [2.05, 4.69) is 39.1 Å². The van der Waals surface area contributed by atoms with E-state index in [-0.39, 0.29) is 5.41 Å². The molecular formula is C22H35NO. The maximum atomic E-state index is 12.8. The van der Waals surface area contributed by atoms with Gasteiger partial charge in [-0.1, -0.05) is 59.5 Å². The number of amides is 1. The number of hydrogen-bond donors (Lipinski definition) is 1. The van der Waals surface area contributed by atoms with Crippen LogP contribution in [0.15, 0.2) is 22.8 Å². The second-order valence-electron chi connectivity index (χ2n) is 8.74. The van der Waals surface area contributed by atoms with Crippen molar-refractivity contribution in [2.75, 3.05) is 6.54 Å². The number of rotatable bonds is 8. The summed E-state index contributed by atoms with van der Waals surface area (Å²) in [5, 5.41) is 3.24. The number of fused-ring (bicyclic) bond motifs is 2. The third-order valence-electron chi connectivity index (χ3n) is 6.74. The lowest BCUT2D eigenvalue weighted by molar-refractivity contribution is -0.145. The van der Waals surface area contributed by atoms with Crippen LogP contribution in [0.4, 0.5) is 0 Å². The predicted molar refractivity (Wildman–Crippen MR) is 101 cm³/mol. The van der Waals surface area contributed by atoms with Gasteiger partial charge in [0.1, 0.15) is 0 Å². The molecule has 1 saturated carbocycles. The fourth-order valence-corrected chi connectivity index (χ4v) is 5.15. The molecule has 0 radical (unpaired) electrons. The zero-order valence-electron chi connectivity index (χ0n) is 16.1. The number of unbranched alkanes of at least 4 members (excludes halogenated alkanes) is 4. The van der Waals surface area contributed by atoms with Crippen LogP contribution in [0.25, 0.3) is 0 Å². The van der Waals surface area contributed by atoms with Crippen LogP contribution in [0.2, 0.25) is 0 Å². The molecular weight excluding hydrogens is 294 g/mol. The summed E-state index contributed by atoms with van der Waals surface area (Å²) in [6.07, 6.45) is 12.1. The summed E-state index contributed by atoms with van der Waals surface area (Å²) < 4.78 is 0. The van der Waals surface area contributed by atoms with Crippen molar-refractivity contribution in [3.8, 4) is 0 Å². The van der Waals surface area contributed by atoms with Crippen LogP contribution in [-0.2, 0) is 4.79 Å². The van der Waals surface area contributed by atoms with E-state index in [0.717, 1.165) is 19.4 Å². The minimum Gasteiger partial charge on any atom is -0.356 e. The smallest absolute Gasteiger partial charge is 0.226 e. The van der Waals surface area contributed by atoms with Crippen molar-refractivity contribution in [3.63, 3.8) is 0 Å². The van der Waals surface area contributed by atoms with Gasteiger partial charge in [-0.05, 0) is 60.2 Å². The van der Waals surface area contributed by atoms with Crippen molar-refractivity contribution in [3.05, 3.63) is 22.8 Å². The molecule has 0 aromatic heterocycles. The summed E-state index contributed by atoms with van der Waals surface area (Å²) in [5.41, 5.74) is 4.69. The predicted octanol–water partition coefficient (Wildman–Crippen LogP) is 5.40. The first-order chi connectivity index (χ1) is 11.5. The lowest BCUT2D eigenvalue weighted by atomic mass is 9.46. The summed E-state index contributed by atoms with van der Waals surface area (Å²) in [6.45, 7) is 9.90. The van der Waals surface area contributed by atoms with Gasteiger partial charge in [0.05, 0.1) is 5.41 Å². The molecule has 3 aliphatic carbocycles. The Kier molecular flexibility index (Phi) is 5.22. The highest BCUT2D eigenvalue weighted by atomic mass is 16.2. The van der Waals surface area contributed by atoms with E-state index in [1.807, 2.05) is 0 Å². The highest BCUT2D eigenvalue weighted by Crippen LogP contribution is 2.63. The molecule has 24 heavy (non-hydrogen) atoms. The van der Waals surface area contributed by atoms with Crippen LogP contribution < -0.4 is 5.32 Å². The Balaban J connectivity index is 1.49. The minimum atomic E-state index is -0.121. The van der Waals surface area contributed by atoms with Crippen molar-refractivity contribution in [2.24, 2.45) is 23.2 Å². The van der Waals surface area contributed by atoms with Gasteiger partial charge in [-0.25, -0.2) is 0 Å². The lowest BCUT2D eigenvalue weighted by Gasteiger charge is -2.58. The average molecular weight is 330 g/mol. The molecule has 2 nitrogen and oxygen atoms in total. The number of carbonyl (C=O) groups is 1. The van der Waals surface area contributed by atoms with Gasteiger partial charge in [0.15, 0.2) is 0 Å². The van der Waals surface area contributed by atoms with Gasteiger partial charge in [0.2, 0.25) is 5.91 Å². The maximum absolute atomic E-state index is 12.8. The number of allylic oxidation sites excluding steroid dienone is 4. The number of carbonyl (C=O) groups excluding carboxylic acids is 1. The Morgan fingerprint density at radius 3 is 2.75 bits per heavy atom. The molecule has 0 heterocycles. The number of hydrogen-bond acceptors (Lipinski definition) is 1. The first-order valence-corrected chi connectivity index (χ1v) is 10.2. The molecule has 0 bridgehead atoms. The second-order valence-corrected chi connectivity index (χ2v) is 8.74. The average Bonchev–Trinajstić information content (AvgIpc) is 2.50. The van der Waals surface area contributed by atoms with Crippen LogP contribution in [-0.4, -0.2) is 12.5 Å². The number of nitrogens with one attached hydrogen (secondary N) is 1. The van der Waals surface area contributed by atoms with Gasteiger partial charge in [-0.2, -0.15) is 0 Å². The van der Waals surface area contributed by atoms with Gasteiger partial charge in [0, 0.05) is 6.54 Å². The SMILES string of the molecule is CCCCCCCNC(=O)[C@@]1(C)C[C@H]2C3=C(C=C3C(C)C)CCC21. The molecule has 0 aliphatic heterocycles. The van der Waals surface area contributed by atoms with Crippen LogP contribution in [0.1, 0.15) is 79.1 Å². The zero-order valence-corrected chi connectivity index (χ0v) is 16.1. The van der Waals surface area contributed by atoms with E-state index >= 15 is 0 Å². The van der Waals surface area contributed by atoms with Crippen LogP contribution in [0, 0.1) is 23.2 Å². The standard InChI is InChI=1S/C22H35NO/c1-5-6-7-8-9-12-23-21(24)22(4)14-18-19(22)11-10-16-13-17(15(2)3)20(16)18/h13,15,18-19H,5-12,14H2,1-4H3,(H,23,24)/t18-,19?,22+/m1/s1. The Labute approximate surface area is 148 Å². The Hall–Kier alpha value is -1.05. The molecule has 1 amide bonds. The van der Waals surface area contributed by atoms with Crippen molar-refractivity contribution < 1.29 is 4.79 Å². The van der Waals surface area contributed by atoms with Gasteiger partial charge in [0.25, 0.3) is 0 Å². The van der Waals surface area contributed by atoms with Crippen LogP contribution >= 0.6 is 0 Å². The summed E-state index contributed by atoms with van der Waals surface area (Å²) in [6, 6.07) is 0. The van der Waals surface area contributed by atoms with Crippen LogP contribution in [0.3, 0.4) is 0 Å². The zero-order chi connectivity index (χ0) is 17.3. The summed E-state index contributed by atoms with van der Waals surface area (Å²) in [7, 11) is 0. The van der Waals surface area contributed by atoms with E-state index < -0.39 is 0 Å². The fraction of sp³-hybridized carbons (Fsp3) is 0.773. The Morgan fingerprint density at radius 2 is 2.04 bits per heavy atom. The molecule has 1 unspecified atom stereocenters. The van der Waals surface area contributed by atoms with E-state index in [0.29, 0.717) is 23.7 Å². The third kappa shape index (κ3) is 2.97. The summed E-state index contributed by atoms with van der Waals surface area (Å²) in [4.78, 5) is 12.8. The highest BCUT2D eigenvalue weighted by molar-refractivity contribution is 5.84. The second kappa shape index (κ2) is 7.06. The van der Waals surface area contributed by atoms with Gasteiger partial charge in [-0.3, -0.25) is 4.79 Å². The Morgan fingerprint density at radius 1 is 1.29 bits per heavy atom. The van der Waals surface area contributed by atoms with Gasteiger partial charge in [-0.15, -0.1) is 0 Å². The lowest BCUT2D eigenvalue weighted by Crippen LogP contribution is -2.57. The monoisotopic (exact) mass is 329 g/mol. The molecule has 3 rings (SSSR count). The summed E-state index contributed by atoms with van der Waals surface area (Å²) >= 11 is 0.